The first-order valence-corrected chi connectivity index (χ1v) is 6.26. The zero-order valence-corrected chi connectivity index (χ0v) is 11.8. The Morgan fingerprint density at radius 1 is 1.12 bits per heavy atom. The van der Waals surface area contributed by atoms with Crippen molar-refractivity contribution >= 4 is 5.78 Å². The van der Waals surface area contributed by atoms with Crippen molar-refractivity contribution in [3.63, 3.8) is 0 Å². The number of hydrogen-bond donors (Lipinski definition) is 1. The van der Waals surface area contributed by atoms with Gasteiger partial charge in [-0.2, -0.15) is 0 Å². The van der Waals surface area contributed by atoms with Crippen LogP contribution < -0.4 is 5.32 Å². The van der Waals surface area contributed by atoms with Gasteiger partial charge in [-0.3, -0.25) is 4.79 Å². The first-order valence-electron chi connectivity index (χ1n) is 6.26. The molecular weight excluding hydrogens is 218 g/mol. The first-order chi connectivity index (χ1) is 7.83. The summed E-state index contributed by atoms with van der Waals surface area (Å²) in [5.74, 6) is 0.186. The van der Waals surface area contributed by atoms with E-state index in [2.05, 4.69) is 26.1 Å². The molecule has 1 N–H and O–H groups in total. The molecule has 0 bridgehead atoms. The van der Waals surface area contributed by atoms with Gasteiger partial charge in [0, 0.05) is 18.0 Å². The summed E-state index contributed by atoms with van der Waals surface area (Å²) in [7, 11) is 0. The highest BCUT2D eigenvalue weighted by atomic mass is 16.5. The Labute approximate surface area is 105 Å². The number of nitrogens with one attached hydrogen (secondary N) is 1. The largest absolute Gasteiger partial charge is 0.378 e. The molecule has 0 radical (unpaired) electrons. The van der Waals surface area contributed by atoms with Crippen molar-refractivity contribution in [2.75, 3.05) is 33.0 Å². The molecular formula is C13H27NO3. The van der Waals surface area contributed by atoms with Gasteiger partial charge in [0.2, 0.25) is 0 Å². The normalized spacial score (nSPS) is 12.1. The molecule has 4 heteroatoms. The number of rotatable bonds is 9. The van der Waals surface area contributed by atoms with Gasteiger partial charge in [0.1, 0.15) is 6.61 Å². The van der Waals surface area contributed by atoms with Crippen LogP contribution in [0.2, 0.25) is 0 Å². The lowest BCUT2D eigenvalue weighted by Crippen LogP contribution is -2.38. The van der Waals surface area contributed by atoms with Crippen LogP contribution in [0, 0.1) is 5.92 Å². The summed E-state index contributed by atoms with van der Waals surface area (Å²) >= 11 is 0. The molecule has 0 aromatic heterocycles. The molecule has 0 unspecified atom stereocenters. The zero-order chi connectivity index (χ0) is 13.3. The van der Waals surface area contributed by atoms with Gasteiger partial charge in [-0.25, -0.2) is 0 Å². The van der Waals surface area contributed by atoms with E-state index in [0.29, 0.717) is 19.8 Å². The van der Waals surface area contributed by atoms with Crippen molar-refractivity contribution in [3.8, 4) is 0 Å². The number of carbonyl (C=O) groups is 1. The maximum Gasteiger partial charge on any atom is 0.160 e. The third-order valence-electron chi connectivity index (χ3n) is 2.16. The molecule has 0 spiro atoms. The van der Waals surface area contributed by atoms with Crippen molar-refractivity contribution in [1.29, 1.82) is 0 Å². The predicted octanol–water partition coefficient (Wildman–Crippen LogP) is 1.63. The van der Waals surface area contributed by atoms with Gasteiger partial charge in [0.05, 0.1) is 19.8 Å². The molecule has 0 heterocycles. The highest BCUT2D eigenvalue weighted by Crippen LogP contribution is 1.97. The van der Waals surface area contributed by atoms with Crippen LogP contribution in [0.1, 0.15) is 34.6 Å². The molecule has 102 valence electrons. The molecule has 0 aliphatic heterocycles. The van der Waals surface area contributed by atoms with Gasteiger partial charge in [0.15, 0.2) is 5.78 Å². The molecule has 0 rings (SSSR count). The fourth-order valence-corrected chi connectivity index (χ4v) is 1.06. The van der Waals surface area contributed by atoms with Crippen LogP contribution in [0.25, 0.3) is 0 Å². The summed E-state index contributed by atoms with van der Waals surface area (Å²) in [6.07, 6.45) is 0. The van der Waals surface area contributed by atoms with Crippen LogP contribution in [-0.4, -0.2) is 44.3 Å². The van der Waals surface area contributed by atoms with Crippen LogP contribution in [0.15, 0.2) is 0 Å². The maximum absolute atomic E-state index is 11.2. The lowest BCUT2D eigenvalue weighted by atomic mass is 10.1. The molecule has 0 aromatic carbocycles. The number of carbonyl (C=O) groups excluding carboxylic acids is 1. The molecule has 4 nitrogen and oxygen atoms in total. The molecule has 0 amide bonds. The van der Waals surface area contributed by atoms with E-state index in [4.69, 9.17) is 9.47 Å². The molecule has 0 fully saturated rings. The van der Waals surface area contributed by atoms with Crippen molar-refractivity contribution < 1.29 is 14.3 Å². The SMILES string of the molecule is CC(C)C(=O)COCCOCCNC(C)(C)C. The lowest BCUT2D eigenvalue weighted by molar-refractivity contribution is -0.127. The first kappa shape index (κ1) is 16.6. The van der Waals surface area contributed by atoms with Gasteiger partial charge in [-0.05, 0) is 20.8 Å². The predicted molar refractivity (Wildman–Crippen MR) is 69.2 cm³/mol. The van der Waals surface area contributed by atoms with Crippen molar-refractivity contribution in [2.24, 2.45) is 5.92 Å². The van der Waals surface area contributed by atoms with E-state index in [1.165, 1.54) is 0 Å². The molecule has 0 aliphatic rings. The van der Waals surface area contributed by atoms with Crippen molar-refractivity contribution in [3.05, 3.63) is 0 Å². The van der Waals surface area contributed by atoms with Crippen LogP contribution in [-0.2, 0) is 14.3 Å². The van der Waals surface area contributed by atoms with Gasteiger partial charge in [-0.15, -0.1) is 0 Å². The van der Waals surface area contributed by atoms with Crippen LogP contribution in [0.4, 0.5) is 0 Å². The van der Waals surface area contributed by atoms with Crippen LogP contribution in [0.5, 0.6) is 0 Å². The maximum atomic E-state index is 11.2. The number of hydrogen-bond acceptors (Lipinski definition) is 4. The van der Waals surface area contributed by atoms with Crippen LogP contribution in [0.3, 0.4) is 0 Å². The van der Waals surface area contributed by atoms with Gasteiger partial charge in [-0.1, -0.05) is 13.8 Å². The summed E-state index contributed by atoms with van der Waals surface area (Å²) in [5, 5.41) is 3.33. The third kappa shape index (κ3) is 11.8. The number of Topliss-reactive ketones (excluding diaryl/α,β-unsaturated/α-hetero) is 1. The smallest absolute Gasteiger partial charge is 0.160 e. The molecule has 17 heavy (non-hydrogen) atoms. The Morgan fingerprint density at radius 2 is 1.71 bits per heavy atom. The average Bonchev–Trinajstić information content (AvgIpc) is 2.19. The van der Waals surface area contributed by atoms with E-state index in [9.17, 15) is 4.79 Å². The van der Waals surface area contributed by atoms with Crippen LogP contribution >= 0.6 is 0 Å². The van der Waals surface area contributed by atoms with E-state index in [-0.39, 0.29) is 23.8 Å². The summed E-state index contributed by atoms with van der Waals surface area (Å²) in [6.45, 7) is 12.8. The highest BCUT2D eigenvalue weighted by Gasteiger charge is 2.07. The minimum absolute atomic E-state index is 0.0481. The fourth-order valence-electron chi connectivity index (χ4n) is 1.06. The van der Waals surface area contributed by atoms with Gasteiger partial charge in [0.25, 0.3) is 0 Å². The molecule has 0 atom stereocenters. The Bertz CT molecular complexity index is 209. The summed E-state index contributed by atoms with van der Waals surface area (Å²) < 4.78 is 10.6. The molecule has 0 saturated heterocycles. The molecule has 0 aliphatic carbocycles. The lowest BCUT2D eigenvalue weighted by Gasteiger charge is -2.20. The second kappa shape index (κ2) is 8.61. The quantitative estimate of drug-likeness (QED) is 0.627. The van der Waals surface area contributed by atoms with E-state index in [0.717, 1.165) is 6.54 Å². The van der Waals surface area contributed by atoms with E-state index < -0.39 is 0 Å². The Morgan fingerprint density at radius 3 is 2.24 bits per heavy atom. The standard InChI is InChI=1S/C13H27NO3/c1-11(2)12(15)10-17-9-8-16-7-6-14-13(3,4)5/h11,14H,6-10H2,1-5H3. The third-order valence-corrected chi connectivity index (χ3v) is 2.16. The Kier molecular flexibility index (Phi) is 8.39. The Hall–Kier alpha value is -0.450. The fraction of sp³-hybridized carbons (Fsp3) is 0.923. The van der Waals surface area contributed by atoms with Crippen molar-refractivity contribution in [2.45, 2.75) is 40.2 Å². The summed E-state index contributed by atoms with van der Waals surface area (Å²) in [4.78, 5) is 11.2. The van der Waals surface area contributed by atoms with E-state index in [1.807, 2.05) is 13.8 Å². The average molecular weight is 245 g/mol. The number of ketones is 1. The second-order valence-electron chi connectivity index (χ2n) is 5.46. The minimum atomic E-state index is 0.0481. The second-order valence-corrected chi connectivity index (χ2v) is 5.46. The van der Waals surface area contributed by atoms with Crippen molar-refractivity contribution in [1.82, 2.24) is 5.32 Å². The van der Waals surface area contributed by atoms with Gasteiger partial charge < -0.3 is 14.8 Å². The summed E-state index contributed by atoms with van der Waals surface area (Å²) in [5.41, 5.74) is 0.129. The molecule has 0 saturated carbocycles. The minimum Gasteiger partial charge on any atom is -0.378 e. The monoisotopic (exact) mass is 245 g/mol. The topological polar surface area (TPSA) is 47.6 Å². The number of ether oxygens (including phenoxy) is 2. The van der Waals surface area contributed by atoms with Gasteiger partial charge >= 0.3 is 0 Å². The molecule has 0 aromatic rings. The summed E-state index contributed by atoms with van der Waals surface area (Å²) in [6, 6.07) is 0. The zero-order valence-electron chi connectivity index (χ0n) is 11.8. The Balaban J connectivity index is 3.22. The van der Waals surface area contributed by atoms with E-state index in [1.54, 1.807) is 0 Å². The highest BCUT2D eigenvalue weighted by molar-refractivity contribution is 5.81. The van der Waals surface area contributed by atoms with E-state index >= 15 is 0 Å².